The second kappa shape index (κ2) is 16.8. The molecule has 1 spiro atoms. The summed E-state index contributed by atoms with van der Waals surface area (Å²) in [5.74, 6) is -3.63. The lowest BCUT2D eigenvalue weighted by atomic mass is 9.70. The van der Waals surface area contributed by atoms with Crippen molar-refractivity contribution in [3.8, 4) is 0 Å². The molecule has 3 aliphatic rings. The number of carbonyl (C=O) groups is 4. The van der Waals surface area contributed by atoms with Crippen molar-refractivity contribution in [2.75, 3.05) is 38.3 Å². The van der Waals surface area contributed by atoms with Crippen LogP contribution in [-0.2, 0) is 33.4 Å². The number of rotatable bonds is 18. The van der Waals surface area contributed by atoms with Gasteiger partial charge in [-0.05, 0) is 49.8 Å². The number of aliphatic hydroxyl groups excluding tert-OH is 1. The highest BCUT2D eigenvalue weighted by molar-refractivity contribution is 6.34. The molecule has 0 aliphatic carbocycles. The third-order valence-electron chi connectivity index (χ3n) is 9.84. The number of hydrogen-bond acceptors (Lipinski definition) is 8. The molecule has 268 valence electrons. The molecule has 2 N–H and O–H groups in total. The van der Waals surface area contributed by atoms with Crippen molar-refractivity contribution in [3.63, 3.8) is 0 Å². The number of unbranched alkanes of at least 4 members (excludes halogenated alkanes) is 1. The van der Waals surface area contributed by atoms with Crippen LogP contribution in [0.3, 0.4) is 0 Å². The van der Waals surface area contributed by atoms with Gasteiger partial charge in [-0.2, -0.15) is 0 Å². The number of halogens is 1. The Balaban J connectivity index is 1.49. The lowest BCUT2D eigenvalue weighted by Gasteiger charge is -2.37. The molecular weight excluding hydrogens is 662 g/mol. The predicted octanol–water partition coefficient (Wildman–Crippen LogP) is 4.39. The van der Waals surface area contributed by atoms with E-state index in [1.54, 1.807) is 48.6 Å². The zero-order valence-electron chi connectivity index (χ0n) is 28.4. The summed E-state index contributed by atoms with van der Waals surface area (Å²) in [6, 6.07) is 14.2. The number of anilines is 1. The van der Waals surface area contributed by atoms with E-state index in [1.165, 1.54) is 16.9 Å². The summed E-state index contributed by atoms with van der Waals surface area (Å²) in [6.07, 6.45) is 4.04. The Bertz CT molecular complexity index is 1560. The number of aliphatic hydroxyl groups is 1. The third-order valence-corrected chi connectivity index (χ3v) is 10.2. The van der Waals surface area contributed by atoms with Gasteiger partial charge in [-0.15, -0.1) is 13.2 Å². The molecule has 3 amide bonds. The van der Waals surface area contributed by atoms with Gasteiger partial charge < -0.3 is 34.4 Å². The number of methoxy groups -OCH3 is 1. The van der Waals surface area contributed by atoms with Crippen LogP contribution >= 0.6 is 11.6 Å². The highest BCUT2D eigenvalue weighted by Crippen LogP contribution is 2.59. The number of ether oxygens (including phenoxy) is 3. The van der Waals surface area contributed by atoms with E-state index in [-0.39, 0.29) is 44.5 Å². The number of allylic oxidation sites excluding steroid dienone is 1. The smallest absolute Gasteiger partial charge is 0.313 e. The molecular formula is C38H46ClN3O8. The predicted molar refractivity (Wildman–Crippen MR) is 188 cm³/mol. The van der Waals surface area contributed by atoms with Crippen molar-refractivity contribution in [2.24, 2.45) is 11.8 Å². The Morgan fingerprint density at radius 3 is 2.56 bits per heavy atom. The molecule has 0 saturated carbocycles. The maximum Gasteiger partial charge on any atom is 0.313 e. The number of fused-ring (bicyclic) bond motifs is 1. The van der Waals surface area contributed by atoms with Gasteiger partial charge in [-0.1, -0.05) is 66.2 Å². The SMILES string of the molecule is C=CCCC(=O)N[C@H](COC)[C@H](OC(=O)[C@@H]1[C@@H]2CC[C@]3(O2)[C@H](C(=O)N(CC=C)c2ccccc2Cl)N(CCCCO)C(=O)[C@@H]13)c1ccccc1. The second-order valence-electron chi connectivity index (χ2n) is 12.9. The molecule has 12 heteroatoms. The van der Waals surface area contributed by atoms with Crippen LogP contribution in [-0.4, -0.2) is 90.9 Å². The molecule has 7 atom stereocenters. The normalized spacial score (nSPS) is 24.7. The summed E-state index contributed by atoms with van der Waals surface area (Å²) < 4.78 is 18.4. The number of hydrogen-bond donors (Lipinski definition) is 2. The van der Waals surface area contributed by atoms with E-state index in [4.69, 9.17) is 25.8 Å². The van der Waals surface area contributed by atoms with Crippen LogP contribution in [0.4, 0.5) is 5.69 Å². The maximum atomic E-state index is 14.7. The maximum absolute atomic E-state index is 14.7. The minimum Gasteiger partial charge on any atom is -0.455 e. The second-order valence-corrected chi connectivity index (χ2v) is 13.3. The first-order valence-corrected chi connectivity index (χ1v) is 17.5. The first-order chi connectivity index (χ1) is 24.2. The monoisotopic (exact) mass is 707 g/mol. The van der Waals surface area contributed by atoms with Gasteiger partial charge in [0, 0.05) is 33.2 Å². The van der Waals surface area contributed by atoms with Gasteiger partial charge in [0.05, 0.1) is 41.3 Å². The average Bonchev–Trinajstić information content (AvgIpc) is 3.76. The number of benzene rings is 2. The number of esters is 1. The van der Waals surface area contributed by atoms with E-state index in [2.05, 4.69) is 18.5 Å². The van der Waals surface area contributed by atoms with Crippen molar-refractivity contribution < 1.29 is 38.5 Å². The van der Waals surface area contributed by atoms with Crippen LogP contribution in [0.2, 0.25) is 5.02 Å². The van der Waals surface area contributed by atoms with Crippen LogP contribution in [0.1, 0.15) is 50.2 Å². The van der Waals surface area contributed by atoms with E-state index in [9.17, 15) is 24.3 Å². The van der Waals surface area contributed by atoms with Crippen LogP contribution in [0.5, 0.6) is 0 Å². The number of carbonyl (C=O) groups excluding carboxylic acids is 4. The van der Waals surface area contributed by atoms with Crippen molar-refractivity contribution in [1.82, 2.24) is 10.2 Å². The minimum atomic E-state index is -1.28. The van der Waals surface area contributed by atoms with Gasteiger partial charge in [-0.3, -0.25) is 19.2 Å². The molecule has 50 heavy (non-hydrogen) atoms. The first-order valence-electron chi connectivity index (χ1n) is 17.1. The van der Waals surface area contributed by atoms with Gasteiger partial charge in [0.2, 0.25) is 11.8 Å². The van der Waals surface area contributed by atoms with Crippen molar-refractivity contribution >= 4 is 41.0 Å². The first kappa shape index (κ1) is 37.2. The zero-order chi connectivity index (χ0) is 35.8. The molecule has 3 heterocycles. The molecule has 3 aliphatic heterocycles. The summed E-state index contributed by atoms with van der Waals surface area (Å²) in [7, 11) is 1.50. The van der Waals surface area contributed by atoms with Crippen LogP contribution in [0.25, 0.3) is 0 Å². The molecule has 0 radical (unpaired) electrons. The summed E-state index contributed by atoms with van der Waals surface area (Å²) >= 11 is 6.56. The van der Waals surface area contributed by atoms with E-state index < -0.39 is 53.6 Å². The molecule has 3 fully saturated rings. The standard InChI is InChI=1S/C38H46ClN3O8/c1-4-6-18-30(44)40-27(24-48-3)33(25-14-8-7-9-15-25)49-37(47)31-29-19-20-38(50-29)32(31)35(45)42(22-12-13-23-43)34(38)36(46)41(21-5-2)28-17-11-10-16-26(28)39/h4-5,7-11,14-17,27,29,31-34,43H,1-2,6,12-13,18-24H2,3H3,(H,40,44)/t27-,29+,31-,32-,33-,34+,38-/m1/s1. The summed E-state index contributed by atoms with van der Waals surface area (Å²) in [4.78, 5) is 59.5. The van der Waals surface area contributed by atoms with E-state index in [0.29, 0.717) is 48.4 Å². The highest BCUT2D eigenvalue weighted by Gasteiger charge is 2.75. The van der Waals surface area contributed by atoms with Crippen LogP contribution in [0, 0.1) is 11.8 Å². The molecule has 3 saturated heterocycles. The molecule has 2 bridgehead atoms. The van der Waals surface area contributed by atoms with Crippen molar-refractivity contribution in [3.05, 3.63) is 90.5 Å². The number of likely N-dealkylation sites (tertiary alicyclic amines) is 1. The largest absolute Gasteiger partial charge is 0.455 e. The lowest BCUT2D eigenvalue weighted by molar-refractivity contribution is -0.163. The van der Waals surface area contributed by atoms with Gasteiger partial charge in [0.25, 0.3) is 5.91 Å². The minimum absolute atomic E-state index is 0.0555. The molecule has 11 nitrogen and oxygen atoms in total. The molecule has 2 aromatic rings. The lowest BCUT2D eigenvalue weighted by Crippen LogP contribution is -2.56. The summed E-state index contributed by atoms with van der Waals surface area (Å²) in [6.45, 7) is 7.83. The molecule has 5 rings (SSSR count). The molecule has 0 aromatic heterocycles. The Morgan fingerprint density at radius 2 is 1.88 bits per heavy atom. The Labute approximate surface area is 298 Å². The van der Waals surface area contributed by atoms with Gasteiger partial charge >= 0.3 is 5.97 Å². The van der Waals surface area contributed by atoms with E-state index in [1.807, 2.05) is 18.2 Å². The Kier molecular flexibility index (Phi) is 12.5. The van der Waals surface area contributed by atoms with Crippen molar-refractivity contribution in [2.45, 2.75) is 68.4 Å². The fourth-order valence-corrected chi connectivity index (χ4v) is 7.95. The quantitative estimate of drug-likeness (QED) is 0.132. The number of nitrogens with zero attached hydrogens (tertiary/aromatic N) is 2. The third kappa shape index (κ3) is 7.37. The fourth-order valence-electron chi connectivity index (χ4n) is 7.71. The van der Waals surface area contributed by atoms with Crippen LogP contribution in [0.15, 0.2) is 79.9 Å². The van der Waals surface area contributed by atoms with Crippen molar-refractivity contribution in [1.29, 1.82) is 0 Å². The van der Waals surface area contributed by atoms with Gasteiger partial charge in [0.15, 0.2) is 0 Å². The van der Waals surface area contributed by atoms with Gasteiger partial charge in [-0.25, -0.2) is 0 Å². The average molecular weight is 708 g/mol. The van der Waals surface area contributed by atoms with Gasteiger partial charge in [0.1, 0.15) is 17.7 Å². The van der Waals surface area contributed by atoms with Crippen LogP contribution < -0.4 is 10.2 Å². The Morgan fingerprint density at radius 1 is 1.14 bits per heavy atom. The number of amides is 3. The zero-order valence-corrected chi connectivity index (χ0v) is 29.1. The Hall–Kier alpha value is -4.03. The summed E-state index contributed by atoms with van der Waals surface area (Å²) in [5, 5.41) is 12.8. The summed E-state index contributed by atoms with van der Waals surface area (Å²) in [5.41, 5.74) is -0.174. The fraction of sp³-hybridized carbons (Fsp3) is 0.474. The number of nitrogens with one attached hydrogen (secondary N) is 1. The molecule has 0 unspecified atom stereocenters. The van der Waals surface area contributed by atoms with E-state index >= 15 is 0 Å². The molecule has 2 aromatic carbocycles. The topological polar surface area (TPSA) is 135 Å². The highest BCUT2D eigenvalue weighted by atomic mass is 35.5. The van der Waals surface area contributed by atoms with E-state index in [0.717, 1.165) is 0 Å². The number of para-hydroxylation sites is 1.